The summed E-state index contributed by atoms with van der Waals surface area (Å²) in [5.74, 6) is -3.36. The lowest BCUT2D eigenvalue weighted by Gasteiger charge is -2.15. The highest BCUT2D eigenvalue weighted by atomic mass is 16.5. The Hall–Kier alpha value is -4.14. The quantitative estimate of drug-likeness (QED) is 0.463. The Morgan fingerprint density at radius 2 is 1.71 bits per heavy atom. The van der Waals surface area contributed by atoms with E-state index in [1.165, 1.54) is 13.0 Å². The molecule has 0 saturated carbocycles. The number of nitrogens with one attached hydrogen (secondary N) is 3. The van der Waals surface area contributed by atoms with Crippen LogP contribution in [0.2, 0.25) is 0 Å². The predicted octanol–water partition coefficient (Wildman–Crippen LogP) is 1.79. The lowest BCUT2D eigenvalue weighted by atomic mass is 9.98. The number of fused-ring (bicyclic) bond motifs is 3. The molecule has 1 fully saturated rings. The fourth-order valence-corrected chi connectivity index (χ4v) is 4.30. The Morgan fingerprint density at radius 1 is 1.09 bits per heavy atom. The molecule has 2 aromatic rings. The van der Waals surface area contributed by atoms with Crippen molar-refractivity contribution in [2.24, 2.45) is 5.92 Å². The molecule has 176 valence electrons. The maximum Gasteiger partial charge on any atom is 0.407 e. The van der Waals surface area contributed by atoms with Crippen LogP contribution < -0.4 is 16.0 Å². The number of alkyl carbamates (subject to hydrolysis) is 1. The van der Waals surface area contributed by atoms with Crippen LogP contribution in [0.5, 0.6) is 0 Å². The van der Waals surface area contributed by atoms with Crippen LogP contribution in [0, 0.1) is 5.92 Å². The first-order valence-corrected chi connectivity index (χ1v) is 10.9. The van der Waals surface area contributed by atoms with Crippen LogP contribution in [-0.2, 0) is 19.1 Å². The smallest absolute Gasteiger partial charge is 0.407 e. The number of benzene rings is 2. The Bertz CT molecular complexity index is 1130. The van der Waals surface area contributed by atoms with Crippen molar-refractivity contribution in [3.8, 4) is 11.1 Å². The molecule has 9 nitrogen and oxygen atoms in total. The van der Waals surface area contributed by atoms with E-state index in [4.69, 9.17) is 4.74 Å². The Kier molecular flexibility index (Phi) is 6.62. The zero-order valence-electron chi connectivity index (χ0n) is 18.5. The molecule has 2 atom stereocenters. The second kappa shape index (κ2) is 9.78. The van der Waals surface area contributed by atoms with Gasteiger partial charge in [0.05, 0.1) is 0 Å². The van der Waals surface area contributed by atoms with Crippen LogP contribution in [0.25, 0.3) is 11.1 Å². The molecular formula is C25H25N3O6. The van der Waals surface area contributed by atoms with Crippen LogP contribution in [0.4, 0.5) is 4.79 Å². The fraction of sp³-hybridized carbons (Fsp3) is 0.280. The maximum absolute atomic E-state index is 12.3. The summed E-state index contributed by atoms with van der Waals surface area (Å²) in [5.41, 5.74) is 4.73. The maximum atomic E-state index is 12.3. The van der Waals surface area contributed by atoms with Crippen LogP contribution in [0.15, 0.2) is 60.2 Å². The van der Waals surface area contributed by atoms with E-state index in [0.29, 0.717) is 0 Å². The van der Waals surface area contributed by atoms with E-state index < -0.39 is 35.8 Å². The topological polar surface area (TPSA) is 134 Å². The molecule has 2 aliphatic rings. The van der Waals surface area contributed by atoms with Crippen molar-refractivity contribution >= 4 is 23.9 Å². The van der Waals surface area contributed by atoms with E-state index >= 15 is 0 Å². The average Bonchev–Trinajstić information content (AvgIpc) is 3.35. The molecule has 1 aliphatic carbocycles. The van der Waals surface area contributed by atoms with Gasteiger partial charge >= 0.3 is 12.1 Å². The molecule has 0 aromatic heterocycles. The lowest BCUT2D eigenvalue weighted by molar-refractivity contribution is -0.143. The fourth-order valence-electron chi connectivity index (χ4n) is 4.30. The monoisotopic (exact) mass is 463 g/mol. The number of ether oxygens (including phenoxy) is 1. The molecule has 0 bridgehead atoms. The largest absolute Gasteiger partial charge is 0.481 e. The normalized spacial score (nSPS) is 19.1. The summed E-state index contributed by atoms with van der Waals surface area (Å²) < 4.78 is 5.45. The highest BCUT2D eigenvalue weighted by molar-refractivity contribution is 5.99. The summed E-state index contributed by atoms with van der Waals surface area (Å²) in [5, 5.41) is 16.6. The number of rotatable bonds is 7. The van der Waals surface area contributed by atoms with Gasteiger partial charge in [-0.05, 0) is 29.2 Å². The molecule has 3 amide bonds. The molecule has 0 spiro atoms. The third-order valence-corrected chi connectivity index (χ3v) is 6.14. The van der Waals surface area contributed by atoms with E-state index in [2.05, 4.69) is 28.1 Å². The minimum Gasteiger partial charge on any atom is -0.481 e. The first-order valence-electron chi connectivity index (χ1n) is 10.9. The average molecular weight is 463 g/mol. The number of hydrogen-bond donors (Lipinski definition) is 4. The third kappa shape index (κ3) is 4.63. The molecule has 1 heterocycles. The van der Waals surface area contributed by atoms with E-state index in [-0.39, 0.29) is 31.2 Å². The van der Waals surface area contributed by atoms with Gasteiger partial charge in [-0.1, -0.05) is 54.6 Å². The SMILES string of the molecule is C/C(=C\CNC(=O)OCC1c2ccccc2-c2ccccc21)C(=O)NC1C(=O)NCC1C(=O)O. The van der Waals surface area contributed by atoms with E-state index in [9.17, 15) is 24.3 Å². The van der Waals surface area contributed by atoms with Gasteiger partial charge in [-0.3, -0.25) is 14.4 Å². The minimum absolute atomic E-state index is 0.0365. The number of carboxylic acid groups (broad SMARTS) is 1. The van der Waals surface area contributed by atoms with Crippen LogP contribution in [0.1, 0.15) is 24.0 Å². The highest BCUT2D eigenvalue weighted by Gasteiger charge is 2.40. The third-order valence-electron chi connectivity index (χ3n) is 6.14. The number of hydrogen-bond acceptors (Lipinski definition) is 5. The van der Waals surface area contributed by atoms with Crippen LogP contribution >= 0.6 is 0 Å². The molecular weight excluding hydrogens is 438 g/mol. The second-order valence-corrected chi connectivity index (χ2v) is 8.23. The van der Waals surface area contributed by atoms with Gasteiger partial charge in [0.2, 0.25) is 11.8 Å². The lowest BCUT2D eigenvalue weighted by Crippen LogP contribution is -2.45. The predicted molar refractivity (Wildman–Crippen MR) is 123 cm³/mol. The second-order valence-electron chi connectivity index (χ2n) is 8.23. The molecule has 1 saturated heterocycles. The first-order chi connectivity index (χ1) is 16.4. The van der Waals surface area contributed by atoms with Gasteiger partial charge < -0.3 is 25.8 Å². The number of carboxylic acids is 1. The standard InChI is InChI=1S/C25H25N3O6/c1-14(22(29)28-21-19(24(31)32)12-27-23(21)30)10-11-26-25(33)34-13-20-17-8-4-2-6-15(17)16-7-3-5-9-18(16)20/h2-10,19-21H,11-13H2,1H3,(H,26,33)(H,27,30)(H,28,29)(H,31,32)/b14-10+. The first kappa shape index (κ1) is 23.0. The Labute approximate surface area is 196 Å². The van der Waals surface area contributed by atoms with Crippen molar-refractivity contribution in [2.45, 2.75) is 18.9 Å². The minimum atomic E-state index is -1.16. The summed E-state index contributed by atoms with van der Waals surface area (Å²) in [7, 11) is 0. The van der Waals surface area contributed by atoms with Crippen molar-refractivity contribution < 1.29 is 29.0 Å². The van der Waals surface area contributed by atoms with Gasteiger partial charge in [-0.25, -0.2) is 4.79 Å². The Morgan fingerprint density at radius 3 is 2.32 bits per heavy atom. The summed E-state index contributed by atoms with van der Waals surface area (Å²) in [4.78, 5) is 47.6. The summed E-state index contributed by atoms with van der Waals surface area (Å²) in [6.45, 7) is 1.69. The number of aliphatic carboxylic acids is 1. The zero-order chi connectivity index (χ0) is 24.2. The molecule has 0 radical (unpaired) electrons. The zero-order valence-corrected chi connectivity index (χ0v) is 18.5. The van der Waals surface area contributed by atoms with Crippen molar-refractivity contribution in [2.75, 3.05) is 19.7 Å². The van der Waals surface area contributed by atoms with Gasteiger partial charge in [0.1, 0.15) is 18.6 Å². The van der Waals surface area contributed by atoms with Gasteiger partial charge in [0, 0.05) is 24.6 Å². The van der Waals surface area contributed by atoms with Crippen molar-refractivity contribution in [1.29, 1.82) is 0 Å². The molecule has 4 rings (SSSR count). The van der Waals surface area contributed by atoms with E-state index in [1.54, 1.807) is 0 Å². The van der Waals surface area contributed by atoms with Crippen molar-refractivity contribution in [1.82, 2.24) is 16.0 Å². The van der Waals surface area contributed by atoms with Gasteiger partial charge in [-0.15, -0.1) is 0 Å². The van der Waals surface area contributed by atoms with Gasteiger partial charge in [-0.2, -0.15) is 0 Å². The molecule has 4 N–H and O–H groups in total. The molecule has 2 unspecified atom stereocenters. The van der Waals surface area contributed by atoms with Crippen LogP contribution in [0.3, 0.4) is 0 Å². The number of carbonyl (C=O) groups is 4. The van der Waals surface area contributed by atoms with Crippen LogP contribution in [-0.4, -0.2) is 54.7 Å². The summed E-state index contributed by atoms with van der Waals surface area (Å²) in [6.07, 6.45) is 0.854. The number of amides is 3. The molecule has 1 aliphatic heterocycles. The number of carbonyl (C=O) groups excluding carboxylic acids is 3. The van der Waals surface area contributed by atoms with Gasteiger partial charge in [0.15, 0.2) is 0 Å². The summed E-state index contributed by atoms with van der Waals surface area (Å²) >= 11 is 0. The van der Waals surface area contributed by atoms with Crippen molar-refractivity contribution in [3.63, 3.8) is 0 Å². The summed E-state index contributed by atoms with van der Waals surface area (Å²) in [6, 6.07) is 14.9. The molecule has 34 heavy (non-hydrogen) atoms. The molecule has 9 heteroatoms. The van der Waals surface area contributed by atoms with Gasteiger partial charge in [0.25, 0.3) is 0 Å². The van der Waals surface area contributed by atoms with E-state index in [0.717, 1.165) is 22.3 Å². The van der Waals surface area contributed by atoms with E-state index in [1.807, 2.05) is 36.4 Å². The van der Waals surface area contributed by atoms with Crippen molar-refractivity contribution in [3.05, 3.63) is 71.3 Å². The Balaban J connectivity index is 1.29. The molecule has 2 aromatic carbocycles. The highest BCUT2D eigenvalue weighted by Crippen LogP contribution is 2.44.